The summed E-state index contributed by atoms with van der Waals surface area (Å²) in [5, 5.41) is 6.95. The molecule has 0 bridgehead atoms. The Morgan fingerprint density at radius 2 is 1.68 bits per heavy atom. The van der Waals surface area contributed by atoms with Gasteiger partial charge in [-0.3, -0.25) is 9.89 Å². The minimum atomic E-state index is 0. The summed E-state index contributed by atoms with van der Waals surface area (Å²) in [6.07, 6.45) is 8.32. The molecule has 1 saturated carbocycles. The van der Waals surface area contributed by atoms with E-state index in [-0.39, 0.29) is 24.0 Å². The Labute approximate surface area is 190 Å². The second-order valence-electron chi connectivity index (χ2n) is 8.51. The zero-order valence-corrected chi connectivity index (χ0v) is 20.9. The number of likely N-dealkylation sites (N-methyl/N-ethyl adjacent to an activating group) is 1. The van der Waals surface area contributed by atoms with Crippen LogP contribution in [-0.2, 0) is 4.74 Å². The quantitative estimate of drug-likeness (QED) is 0.173. The molecule has 1 heterocycles. The average molecular weight is 510 g/mol. The van der Waals surface area contributed by atoms with E-state index in [0.717, 1.165) is 51.8 Å². The lowest BCUT2D eigenvalue weighted by atomic mass is 10.0. The van der Waals surface area contributed by atoms with Crippen molar-refractivity contribution in [3.63, 3.8) is 0 Å². The van der Waals surface area contributed by atoms with Gasteiger partial charge in [-0.1, -0.05) is 39.5 Å². The maximum atomic E-state index is 6.07. The maximum Gasteiger partial charge on any atom is 0.191 e. The van der Waals surface area contributed by atoms with E-state index in [9.17, 15) is 0 Å². The SMILES string of the molecule is CN=C(NCCOC1CCCCCC1)NCC(C(C)C)N1CCN(C)CC1.I. The molecule has 2 N–H and O–H groups in total. The summed E-state index contributed by atoms with van der Waals surface area (Å²) in [5.74, 6) is 1.51. The van der Waals surface area contributed by atoms with Crippen molar-refractivity contribution in [2.24, 2.45) is 10.9 Å². The third-order valence-corrected chi connectivity index (χ3v) is 6.03. The second kappa shape index (κ2) is 14.8. The molecule has 1 saturated heterocycles. The zero-order valence-electron chi connectivity index (χ0n) is 18.6. The molecule has 28 heavy (non-hydrogen) atoms. The van der Waals surface area contributed by atoms with E-state index in [2.05, 4.69) is 46.3 Å². The normalized spacial score (nSPS) is 21.8. The van der Waals surface area contributed by atoms with Gasteiger partial charge in [0.15, 0.2) is 5.96 Å². The predicted molar refractivity (Wildman–Crippen MR) is 130 cm³/mol. The molecule has 0 radical (unpaired) electrons. The van der Waals surface area contributed by atoms with E-state index in [0.29, 0.717) is 18.1 Å². The van der Waals surface area contributed by atoms with Crippen LogP contribution in [0.25, 0.3) is 0 Å². The van der Waals surface area contributed by atoms with E-state index in [1.165, 1.54) is 38.5 Å². The van der Waals surface area contributed by atoms with Crippen molar-refractivity contribution < 1.29 is 4.74 Å². The Bertz CT molecular complexity index is 419. The van der Waals surface area contributed by atoms with Crippen LogP contribution in [0.5, 0.6) is 0 Å². The second-order valence-corrected chi connectivity index (χ2v) is 8.51. The van der Waals surface area contributed by atoms with Gasteiger partial charge in [0.2, 0.25) is 0 Å². The van der Waals surface area contributed by atoms with Crippen LogP contribution < -0.4 is 10.6 Å². The number of aliphatic imine (C=N–C) groups is 1. The molecule has 0 aromatic rings. The number of rotatable bonds is 8. The number of ether oxygens (including phenoxy) is 1. The Hall–Kier alpha value is -0.120. The molecule has 0 amide bonds. The molecule has 1 unspecified atom stereocenters. The molecule has 2 fully saturated rings. The van der Waals surface area contributed by atoms with Gasteiger partial charge in [-0.05, 0) is 25.8 Å². The number of guanidine groups is 1. The van der Waals surface area contributed by atoms with Gasteiger partial charge in [0.05, 0.1) is 12.7 Å². The van der Waals surface area contributed by atoms with Crippen LogP contribution >= 0.6 is 24.0 Å². The molecule has 166 valence electrons. The molecule has 0 aromatic heterocycles. The summed E-state index contributed by atoms with van der Waals surface area (Å²) in [4.78, 5) is 9.43. The standard InChI is InChI=1S/C21H43N5O.HI/c1-18(2)20(26-14-12-25(4)13-15-26)17-24-21(22-3)23-11-16-27-19-9-7-5-6-8-10-19;/h18-20H,5-17H2,1-4H3,(H2,22,23,24);1H. The first-order valence-corrected chi connectivity index (χ1v) is 11.1. The van der Waals surface area contributed by atoms with E-state index in [1.807, 2.05) is 7.05 Å². The number of hydrogen-bond donors (Lipinski definition) is 2. The maximum absolute atomic E-state index is 6.07. The van der Waals surface area contributed by atoms with E-state index in [4.69, 9.17) is 4.74 Å². The topological polar surface area (TPSA) is 52.1 Å². The zero-order chi connectivity index (χ0) is 19.5. The van der Waals surface area contributed by atoms with Gasteiger partial charge in [0.1, 0.15) is 0 Å². The van der Waals surface area contributed by atoms with Crippen LogP contribution in [0.3, 0.4) is 0 Å². The van der Waals surface area contributed by atoms with Gasteiger partial charge in [0, 0.05) is 52.4 Å². The molecular weight excluding hydrogens is 465 g/mol. The lowest BCUT2D eigenvalue weighted by molar-refractivity contribution is 0.0467. The minimum Gasteiger partial charge on any atom is -0.376 e. The molecule has 1 atom stereocenters. The molecule has 1 aliphatic heterocycles. The van der Waals surface area contributed by atoms with Gasteiger partial charge in [0.25, 0.3) is 0 Å². The van der Waals surface area contributed by atoms with Crippen molar-refractivity contribution in [1.29, 1.82) is 0 Å². The van der Waals surface area contributed by atoms with Crippen LogP contribution in [0.15, 0.2) is 4.99 Å². The molecular formula is C21H44IN5O. The summed E-state index contributed by atoms with van der Waals surface area (Å²) < 4.78 is 6.07. The Kier molecular flexibility index (Phi) is 13.7. The first kappa shape index (κ1) is 25.9. The van der Waals surface area contributed by atoms with Crippen LogP contribution in [0.1, 0.15) is 52.4 Å². The molecule has 6 nitrogen and oxygen atoms in total. The van der Waals surface area contributed by atoms with Crippen LogP contribution in [-0.4, -0.2) is 87.9 Å². The third-order valence-electron chi connectivity index (χ3n) is 6.03. The highest BCUT2D eigenvalue weighted by atomic mass is 127. The molecule has 2 rings (SSSR count). The first-order valence-electron chi connectivity index (χ1n) is 11.1. The molecule has 0 aromatic carbocycles. The fourth-order valence-electron chi connectivity index (χ4n) is 4.17. The predicted octanol–water partition coefficient (Wildman–Crippen LogP) is 2.78. The van der Waals surface area contributed by atoms with Crippen LogP contribution in [0.2, 0.25) is 0 Å². The Balaban J connectivity index is 0.00000392. The summed E-state index contributed by atoms with van der Waals surface area (Å²) in [6, 6.07) is 0.541. The molecule has 2 aliphatic rings. The van der Waals surface area contributed by atoms with Crippen LogP contribution in [0, 0.1) is 5.92 Å². The molecule has 1 aliphatic carbocycles. The summed E-state index contributed by atoms with van der Waals surface area (Å²) >= 11 is 0. The average Bonchev–Trinajstić information content (AvgIpc) is 2.93. The van der Waals surface area contributed by atoms with Gasteiger partial charge in [-0.2, -0.15) is 0 Å². The van der Waals surface area contributed by atoms with E-state index < -0.39 is 0 Å². The molecule has 0 spiro atoms. The number of nitrogens with zero attached hydrogens (tertiary/aromatic N) is 3. The smallest absolute Gasteiger partial charge is 0.191 e. The van der Waals surface area contributed by atoms with Crippen molar-refractivity contribution in [2.45, 2.75) is 64.5 Å². The van der Waals surface area contributed by atoms with Gasteiger partial charge in [-0.15, -0.1) is 24.0 Å². The lowest BCUT2D eigenvalue weighted by Crippen LogP contribution is -2.55. The summed E-state index contributed by atoms with van der Waals surface area (Å²) in [5.41, 5.74) is 0. The van der Waals surface area contributed by atoms with Gasteiger partial charge < -0.3 is 20.3 Å². The summed E-state index contributed by atoms with van der Waals surface area (Å²) in [7, 11) is 4.06. The van der Waals surface area contributed by atoms with Crippen molar-refractivity contribution in [3.05, 3.63) is 0 Å². The minimum absolute atomic E-state index is 0. The van der Waals surface area contributed by atoms with Crippen molar-refractivity contribution >= 4 is 29.9 Å². The van der Waals surface area contributed by atoms with E-state index in [1.54, 1.807) is 0 Å². The first-order chi connectivity index (χ1) is 13.1. The van der Waals surface area contributed by atoms with Crippen molar-refractivity contribution in [2.75, 3.05) is 60.0 Å². The number of hydrogen-bond acceptors (Lipinski definition) is 4. The highest BCUT2D eigenvalue weighted by Crippen LogP contribution is 2.19. The van der Waals surface area contributed by atoms with Crippen LogP contribution in [0.4, 0.5) is 0 Å². The molecule has 7 heteroatoms. The fraction of sp³-hybridized carbons (Fsp3) is 0.952. The highest BCUT2D eigenvalue weighted by molar-refractivity contribution is 14.0. The number of halogens is 1. The third kappa shape index (κ3) is 9.59. The van der Waals surface area contributed by atoms with E-state index >= 15 is 0 Å². The lowest BCUT2D eigenvalue weighted by Gasteiger charge is -2.40. The monoisotopic (exact) mass is 509 g/mol. The summed E-state index contributed by atoms with van der Waals surface area (Å²) in [6.45, 7) is 11.8. The van der Waals surface area contributed by atoms with Gasteiger partial charge in [-0.25, -0.2) is 0 Å². The largest absolute Gasteiger partial charge is 0.376 e. The van der Waals surface area contributed by atoms with Crippen molar-refractivity contribution in [1.82, 2.24) is 20.4 Å². The Morgan fingerprint density at radius 1 is 1.04 bits per heavy atom. The Morgan fingerprint density at radius 3 is 2.25 bits per heavy atom. The number of nitrogens with one attached hydrogen (secondary N) is 2. The number of piperazine rings is 1. The highest BCUT2D eigenvalue weighted by Gasteiger charge is 2.25. The van der Waals surface area contributed by atoms with Gasteiger partial charge >= 0.3 is 0 Å². The van der Waals surface area contributed by atoms with Crippen molar-refractivity contribution in [3.8, 4) is 0 Å². The fourth-order valence-corrected chi connectivity index (χ4v) is 4.17.